The number of aldehydes is 1. The van der Waals surface area contributed by atoms with Gasteiger partial charge in [-0.25, -0.2) is 0 Å². The lowest BCUT2D eigenvalue weighted by atomic mass is 10.2. The zero-order chi connectivity index (χ0) is 16.7. The molecule has 0 saturated carbocycles. The summed E-state index contributed by atoms with van der Waals surface area (Å²) < 4.78 is 17.1. The third-order valence-corrected chi connectivity index (χ3v) is 3.78. The summed E-state index contributed by atoms with van der Waals surface area (Å²) in [5, 5.41) is 0. The van der Waals surface area contributed by atoms with Crippen molar-refractivity contribution < 1.29 is 19.0 Å². The molecule has 1 heterocycles. The minimum atomic E-state index is 0.292. The highest BCUT2D eigenvalue weighted by molar-refractivity contribution is 5.76. The maximum absolute atomic E-state index is 10.9. The molecule has 0 aromatic heterocycles. The Morgan fingerprint density at radius 2 is 1.96 bits per heavy atom. The molecule has 5 heteroatoms. The highest BCUT2D eigenvalue weighted by Gasteiger charge is 2.21. The molecule has 0 amide bonds. The number of benzene rings is 1. The Bertz CT molecular complexity index is 496. The molecule has 1 aromatic rings. The number of hydrogen-bond acceptors (Lipinski definition) is 5. The summed E-state index contributed by atoms with van der Waals surface area (Å²) in [6.45, 7) is 10.3. The second kappa shape index (κ2) is 8.89. The van der Waals surface area contributed by atoms with Gasteiger partial charge in [-0.05, 0) is 45.4 Å². The van der Waals surface area contributed by atoms with Crippen LogP contribution in [0.1, 0.15) is 37.6 Å². The summed E-state index contributed by atoms with van der Waals surface area (Å²) in [5.74, 6) is 1.33. The summed E-state index contributed by atoms with van der Waals surface area (Å²) in [7, 11) is 0. The predicted molar refractivity (Wildman–Crippen MR) is 89.6 cm³/mol. The quantitative estimate of drug-likeness (QED) is 0.544. The van der Waals surface area contributed by atoms with Gasteiger partial charge in [-0.1, -0.05) is 0 Å². The van der Waals surface area contributed by atoms with Crippen LogP contribution in [0.5, 0.6) is 11.5 Å². The van der Waals surface area contributed by atoms with E-state index in [1.807, 2.05) is 6.92 Å². The molecule has 1 aromatic carbocycles. The van der Waals surface area contributed by atoms with E-state index in [9.17, 15) is 4.79 Å². The third-order valence-electron chi connectivity index (χ3n) is 3.78. The molecule has 0 N–H and O–H groups in total. The largest absolute Gasteiger partial charge is 0.490 e. The minimum absolute atomic E-state index is 0.292. The van der Waals surface area contributed by atoms with Crippen molar-refractivity contribution in [1.82, 2.24) is 4.90 Å². The van der Waals surface area contributed by atoms with Crippen LogP contribution in [-0.2, 0) is 4.74 Å². The SMILES string of the molecule is CCOc1cc(C=O)ccc1OCCCN1C[C@@H](C)O[C@H](C)C1. The van der Waals surface area contributed by atoms with Gasteiger partial charge in [-0.3, -0.25) is 9.69 Å². The van der Waals surface area contributed by atoms with Crippen LogP contribution < -0.4 is 9.47 Å². The minimum Gasteiger partial charge on any atom is -0.490 e. The molecule has 0 spiro atoms. The summed E-state index contributed by atoms with van der Waals surface area (Å²) in [4.78, 5) is 13.3. The summed E-state index contributed by atoms with van der Waals surface area (Å²) in [6, 6.07) is 5.26. The molecule has 1 aliphatic rings. The average molecular weight is 321 g/mol. The Balaban J connectivity index is 1.80. The Morgan fingerprint density at radius 1 is 1.22 bits per heavy atom. The third kappa shape index (κ3) is 5.52. The van der Waals surface area contributed by atoms with Gasteiger partial charge in [0.25, 0.3) is 0 Å². The number of hydrogen-bond donors (Lipinski definition) is 0. The van der Waals surface area contributed by atoms with Gasteiger partial charge in [-0.15, -0.1) is 0 Å². The molecule has 1 aliphatic heterocycles. The van der Waals surface area contributed by atoms with Crippen molar-refractivity contribution in [2.45, 2.75) is 39.4 Å². The lowest BCUT2D eigenvalue weighted by Gasteiger charge is -2.35. The first-order valence-electron chi connectivity index (χ1n) is 8.35. The fraction of sp³-hybridized carbons (Fsp3) is 0.611. The van der Waals surface area contributed by atoms with E-state index >= 15 is 0 Å². The topological polar surface area (TPSA) is 48.0 Å². The predicted octanol–water partition coefficient (Wildman–Crippen LogP) is 2.78. The van der Waals surface area contributed by atoms with Crippen molar-refractivity contribution in [3.8, 4) is 11.5 Å². The second-order valence-corrected chi connectivity index (χ2v) is 5.98. The van der Waals surface area contributed by atoms with Crippen LogP contribution in [0.2, 0.25) is 0 Å². The average Bonchev–Trinajstić information content (AvgIpc) is 2.52. The monoisotopic (exact) mass is 321 g/mol. The summed E-state index contributed by atoms with van der Waals surface area (Å²) >= 11 is 0. The van der Waals surface area contributed by atoms with Gasteiger partial charge in [0.1, 0.15) is 6.29 Å². The first-order chi connectivity index (χ1) is 11.1. The molecule has 2 rings (SSSR count). The molecular formula is C18H27NO4. The zero-order valence-electron chi connectivity index (χ0n) is 14.3. The molecule has 0 radical (unpaired) electrons. The maximum atomic E-state index is 10.9. The molecule has 1 saturated heterocycles. The molecule has 0 unspecified atom stereocenters. The molecule has 0 aliphatic carbocycles. The first-order valence-corrected chi connectivity index (χ1v) is 8.35. The standard InChI is InChI=1S/C18H27NO4/c1-4-21-18-10-16(13-20)6-7-17(18)22-9-5-8-19-11-14(2)23-15(3)12-19/h6-7,10,13-15H,4-5,8-9,11-12H2,1-3H3/t14-,15-/m1/s1. The molecule has 5 nitrogen and oxygen atoms in total. The van der Waals surface area contributed by atoms with Gasteiger partial charge in [0, 0.05) is 25.2 Å². The van der Waals surface area contributed by atoms with Crippen LogP contribution in [0.3, 0.4) is 0 Å². The summed E-state index contributed by atoms with van der Waals surface area (Å²) in [5.41, 5.74) is 0.595. The van der Waals surface area contributed by atoms with Crippen LogP contribution in [0.15, 0.2) is 18.2 Å². The lowest BCUT2D eigenvalue weighted by molar-refractivity contribution is -0.0686. The van der Waals surface area contributed by atoms with E-state index in [4.69, 9.17) is 14.2 Å². The number of morpholine rings is 1. The van der Waals surface area contributed by atoms with E-state index in [1.54, 1.807) is 18.2 Å². The number of carbonyl (C=O) groups is 1. The van der Waals surface area contributed by atoms with Crippen molar-refractivity contribution in [3.63, 3.8) is 0 Å². The van der Waals surface area contributed by atoms with E-state index in [0.717, 1.165) is 32.3 Å². The van der Waals surface area contributed by atoms with Gasteiger partial charge in [0.2, 0.25) is 0 Å². The number of rotatable bonds is 8. The fourth-order valence-electron chi connectivity index (χ4n) is 2.92. The highest BCUT2D eigenvalue weighted by atomic mass is 16.5. The van der Waals surface area contributed by atoms with E-state index in [-0.39, 0.29) is 0 Å². The van der Waals surface area contributed by atoms with Gasteiger partial charge in [0.05, 0.1) is 25.4 Å². The number of carbonyl (C=O) groups excluding carboxylic acids is 1. The van der Waals surface area contributed by atoms with Gasteiger partial charge >= 0.3 is 0 Å². The molecule has 23 heavy (non-hydrogen) atoms. The maximum Gasteiger partial charge on any atom is 0.161 e. The van der Waals surface area contributed by atoms with Crippen LogP contribution in [0.25, 0.3) is 0 Å². The smallest absolute Gasteiger partial charge is 0.161 e. The van der Waals surface area contributed by atoms with Crippen molar-refractivity contribution in [2.24, 2.45) is 0 Å². The van der Waals surface area contributed by atoms with Crippen LogP contribution >= 0.6 is 0 Å². The molecule has 128 valence electrons. The Labute approximate surface area is 138 Å². The second-order valence-electron chi connectivity index (χ2n) is 5.98. The Kier molecular flexibility index (Phi) is 6.86. The van der Waals surface area contributed by atoms with Crippen LogP contribution in [-0.4, -0.2) is 56.2 Å². The molecule has 0 bridgehead atoms. The highest BCUT2D eigenvalue weighted by Crippen LogP contribution is 2.28. The van der Waals surface area contributed by atoms with Gasteiger partial charge < -0.3 is 14.2 Å². The van der Waals surface area contributed by atoms with Gasteiger partial charge in [-0.2, -0.15) is 0 Å². The van der Waals surface area contributed by atoms with Crippen LogP contribution in [0.4, 0.5) is 0 Å². The van der Waals surface area contributed by atoms with Crippen LogP contribution in [0, 0.1) is 0 Å². The van der Waals surface area contributed by atoms with E-state index in [2.05, 4.69) is 18.7 Å². The molecule has 2 atom stereocenters. The van der Waals surface area contributed by atoms with Crippen molar-refractivity contribution in [1.29, 1.82) is 0 Å². The fourth-order valence-corrected chi connectivity index (χ4v) is 2.92. The van der Waals surface area contributed by atoms with E-state index in [1.165, 1.54) is 0 Å². The van der Waals surface area contributed by atoms with Crippen molar-refractivity contribution in [3.05, 3.63) is 23.8 Å². The molecular weight excluding hydrogens is 294 g/mol. The Morgan fingerprint density at radius 3 is 2.61 bits per heavy atom. The van der Waals surface area contributed by atoms with Crippen molar-refractivity contribution in [2.75, 3.05) is 32.8 Å². The lowest BCUT2D eigenvalue weighted by Crippen LogP contribution is -2.45. The van der Waals surface area contributed by atoms with E-state index in [0.29, 0.717) is 42.5 Å². The number of nitrogens with zero attached hydrogens (tertiary/aromatic N) is 1. The van der Waals surface area contributed by atoms with E-state index < -0.39 is 0 Å². The van der Waals surface area contributed by atoms with Crippen molar-refractivity contribution >= 4 is 6.29 Å². The zero-order valence-corrected chi connectivity index (χ0v) is 14.3. The Hall–Kier alpha value is -1.59. The van der Waals surface area contributed by atoms with Gasteiger partial charge in [0.15, 0.2) is 11.5 Å². The number of ether oxygens (including phenoxy) is 3. The first kappa shape index (κ1) is 17.8. The normalized spacial score (nSPS) is 21.9. The molecule has 1 fully saturated rings. The summed E-state index contributed by atoms with van der Waals surface area (Å²) in [6.07, 6.45) is 2.34.